The predicted octanol–water partition coefficient (Wildman–Crippen LogP) is 4.05. The van der Waals surface area contributed by atoms with Gasteiger partial charge in [-0.2, -0.15) is 0 Å². The van der Waals surface area contributed by atoms with Crippen LogP contribution in [0.25, 0.3) is 10.1 Å². The maximum atomic E-state index is 14.1. The van der Waals surface area contributed by atoms with Crippen LogP contribution in [0.15, 0.2) is 48.5 Å². The minimum absolute atomic E-state index is 0.155. The standard InChI is InChI=1S/C18H16FNO3S/c1-22-11-13-16-14(19)8-5-9-15(16)24-17(13)18(21)20-23-10-12-6-3-2-4-7-12/h2-9H,10-11H2,1H3,(H,20,21). The molecule has 0 saturated heterocycles. The lowest BCUT2D eigenvalue weighted by Crippen LogP contribution is -2.23. The fraction of sp³-hybridized carbons (Fsp3) is 0.167. The topological polar surface area (TPSA) is 47.6 Å². The van der Waals surface area contributed by atoms with E-state index in [1.807, 2.05) is 30.3 Å². The summed E-state index contributed by atoms with van der Waals surface area (Å²) in [4.78, 5) is 18.1. The highest BCUT2D eigenvalue weighted by molar-refractivity contribution is 7.21. The second-order valence-electron chi connectivity index (χ2n) is 5.16. The number of hydroxylamine groups is 1. The van der Waals surface area contributed by atoms with Gasteiger partial charge in [0.1, 0.15) is 10.7 Å². The molecule has 0 radical (unpaired) electrons. The predicted molar refractivity (Wildman–Crippen MR) is 91.2 cm³/mol. The number of hydrogen-bond acceptors (Lipinski definition) is 4. The van der Waals surface area contributed by atoms with E-state index < -0.39 is 5.91 Å². The number of methoxy groups -OCH3 is 1. The van der Waals surface area contributed by atoms with E-state index in [0.29, 0.717) is 20.5 Å². The summed E-state index contributed by atoms with van der Waals surface area (Å²) in [5.74, 6) is -0.765. The molecule has 4 nitrogen and oxygen atoms in total. The first-order valence-corrected chi connectivity index (χ1v) is 8.17. The fourth-order valence-corrected chi connectivity index (χ4v) is 3.55. The van der Waals surface area contributed by atoms with Gasteiger partial charge in [0.05, 0.1) is 13.2 Å². The van der Waals surface area contributed by atoms with Crippen LogP contribution in [0, 0.1) is 5.82 Å². The molecule has 1 heterocycles. The van der Waals surface area contributed by atoms with Crippen molar-refractivity contribution in [3.63, 3.8) is 0 Å². The van der Waals surface area contributed by atoms with Crippen molar-refractivity contribution in [2.24, 2.45) is 0 Å². The highest BCUT2D eigenvalue weighted by atomic mass is 32.1. The number of carbonyl (C=O) groups excluding carboxylic acids is 1. The van der Waals surface area contributed by atoms with Gasteiger partial charge >= 0.3 is 0 Å². The van der Waals surface area contributed by atoms with Crippen LogP contribution in [0.2, 0.25) is 0 Å². The Labute approximate surface area is 142 Å². The first kappa shape index (κ1) is 16.6. The van der Waals surface area contributed by atoms with Crippen LogP contribution >= 0.6 is 11.3 Å². The van der Waals surface area contributed by atoms with Gasteiger partial charge in [0.15, 0.2) is 0 Å². The average Bonchev–Trinajstić information content (AvgIpc) is 2.96. The van der Waals surface area contributed by atoms with Gasteiger partial charge in [-0.3, -0.25) is 9.63 Å². The molecule has 0 spiro atoms. The molecule has 3 aromatic rings. The number of ether oxygens (including phenoxy) is 1. The Balaban J connectivity index is 1.79. The van der Waals surface area contributed by atoms with E-state index in [2.05, 4.69) is 5.48 Å². The molecule has 2 aromatic carbocycles. The highest BCUT2D eigenvalue weighted by Crippen LogP contribution is 2.33. The lowest BCUT2D eigenvalue weighted by atomic mass is 10.1. The molecule has 0 aliphatic rings. The van der Waals surface area contributed by atoms with Crippen molar-refractivity contribution in [2.75, 3.05) is 7.11 Å². The quantitative estimate of drug-likeness (QED) is 0.686. The van der Waals surface area contributed by atoms with Gasteiger partial charge in [0, 0.05) is 22.8 Å². The SMILES string of the molecule is COCc1c(C(=O)NOCc2ccccc2)sc2cccc(F)c12. The van der Waals surface area contributed by atoms with E-state index >= 15 is 0 Å². The smallest absolute Gasteiger partial charge is 0.285 e. The Kier molecular flexibility index (Phi) is 5.20. The van der Waals surface area contributed by atoms with Crippen LogP contribution in [0.3, 0.4) is 0 Å². The fourth-order valence-electron chi connectivity index (χ4n) is 2.44. The number of amides is 1. The molecular formula is C18H16FNO3S. The van der Waals surface area contributed by atoms with Crippen molar-refractivity contribution in [1.82, 2.24) is 5.48 Å². The Hall–Kier alpha value is -2.28. The number of hydrogen-bond donors (Lipinski definition) is 1. The zero-order valence-electron chi connectivity index (χ0n) is 13.0. The molecule has 124 valence electrons. The highest BCUT2D eigenvalue weighted by Gasteiger charge is 2.20. The average molecular weight is 345 g/mol. The van der Waals surface area contributed by atoms with Crippen LogP contribution in [0.4, 0.5) is 4.39 Å². The molecule has 1 N–H and O–H groups in total. The number of nitrogens with one attached hydrogen (secondary N) is 1. The summed E-state index contributed by atoms with van der Waals surface area (Å²) in [7, 11) is 1.51. The molecule has 0 bridgehead atoms. The van der Waals surface area contributed by atoms with Gasteiger partial charge in [-0.15, -0.1) is 11.3 Å². The number of fused-ring (bicyclic) bond motifs is 1. The molecule has 0 saturated carbocycles. The monoisotopic (exact) mass is 345 g/mol. The minimum Gasteiger partial charge on any atom is -0.380 e. The summed E-state index contributed by atoms with van der Waals surface area (Å²) in [5, 5.41) is 0.428. The van der Waals surface area contributed by atoms with Crippen molar-refractivity contribution in [3.8, 4) is 0 Å². The van der Waals surface area contributed by atoms with Crippen LogP contribution < -0.4 is 5.48 Å². The van der Waals surface area contributed by atoms with Crippen LogP contribution in [0.1, 0.15) is 20.8 Å². The van der Waals surface area contributed by atoms with Crippen LogP contribution in [0.5, 0.6) is 0 Å². The van der Waals surface area contributed by atoms with E-state index in [9.17, 15) is 9.18 Å². The van der Waals surface area contributed by atoms with Crippen LogP contribution in [-0.2, 0) is 22.8 Å². The van der Waals surface area contributed by atoms with Crippen molar-refractivity contribution in [3.05, 3.63) is 70.4 Å². The first-order valence-electron chi connectivity index (χ1n) is 7.35. The van der Waals surface area contributed by atoms with Gasteiger partial charge in [0.2, 0.25) is 0 Å². The maximum absolute atomic E-state index is 14.1. The van der Waals surface area contributed by atoms with Gasteiger partial charge in [-0.25, -0.2) is 9.87 Å². The third kappa shape index (κ3) is 3.46. The molecule has 3 rings (SSSR count). The van der Waals surface area contributed by atoms with Gasteiger partial charge < -0.3 is 4.74 Å². The second-order valence-corrected chi connectivity index (χ2v) is 6.21. The van der Waals surface area contributed by atoms with Gasteiger partial charge in [0.25, 0.3) is 5.91 Å². The first-order chi connectivity index (χ1) is 11.7. The summed E-state index contributed by atoms with van der Waals surface area (Å²) in [6.07, 6.45) is 0. The number of benzene rings is 2. The molecule has 6 heteroatoms. The van der Waals surface area contributed by atoms with E-state index in [4.69, 9.17) is 9.57 Å². The van der Waals surface area contributed by atoms with E-state index in [0.717, 1.165) is 5.56 Å². The van der Waals surface area contributed by atoms with E-state index in [1.165, 1.54) is 24.5 Å². The largest absolute Gasteiger partial charge is 0.380 e. The van der Waals surface area contributed by atoms with Crippen LogP contribution in [-0.4, -0.2) is 13.0 Å². The third-order valence-corrected chi connectivity index (χ3v) is 4.70. The second kappa shape index (κ2) is 7.53. The molecule has 0 aliphatic carbocycles. The summed E-state index contributed by atoms with van der Waals surface area (Å²) in [5.41, 5.74) is 3.90. The van der Waals surface area contributed by atoms with Crippen molar-refractivity contribution < 1.29 is 18.8 Å². The zero-order valence-corrected chi connectivity index (χ0v) is 13.9. The normalized spacial score (nSPS) is 10.9. The minimum atomic E-state index is -0.404. The molecule has 0 aliphatic heterocycles. The molecule has 24 heavy (non-hydrogen) atoms. The number of carbonyl (C=O) groups is 1. The zero-order chi connectivity index (χ0) is 16.9. The van der Waals surface area contributed by atoms with Crippen molar-refractivity contribution >= 4 is 27.3 Å². The number of rotatable bonds is 6. The summed E-state index contributed by atoms with van der Waals surface area (Å²) in [6.45, 7) is 0.411. The molecule has 0 unspecified atom stereocenters. The van der Waals surface area contributed by atoms with Crippen molar-refractivity contribution in [2.45, 2.75) is 13.2 Å². The van der Waals surface area contributed by atoms with E-state index in [-0.39, 0.29) is 19.0 Å². The Morgan fingerprint density at radius 2 is 1.92 bits per heavy atom. The third-order valence-electron chi connectivity index (χ3n) is 3.50. The van der Waals surface area contributed by atoms with Gasteiger partial charge in [-0.1, -0.05) is 36.4 Å². The van der Waals surface area contributed by atoms with Gasteiger partial charge in [-0.05, 0) is 17.7 Å². The Morgan fingerprint density at radius 1 is 1.12 bits per heavy atom. The molecule has 1 amide bonds. The lowest BCUT2D eigenvalue weighted by molar-refractivity contribution is 0.0235. The van der Waals surface area contributed by atoms with E-state index in [1.54, 1.807) is 12.1 Å². The summed E-state index contributed by atoms with van der Waals surface area (Å²) in [6, 6.07) is 14.3. The molecule has 0 fully saturated rings. The maximum Gasteiger partial charge on any atom is 0.285 e. The number of thiophene rings is 1. The lowest BCUT2D eigenvalue weighted by Gasteiger charge is -2.07. The molecule has 1 aromatic heterocycles. The Bertz CT molecular complexity index is 848. The van der Waals surface area contributed by atoms with Crippen molar-refractivity contribution in [1.29, 1.82) is 0 Å². The number of halogens is 1. The summed E-state index contributed by atoms with van der Waals surface area (Å²) < 4.78 is 19.9. The summed E-state index contributed by atoms with van der Waals surface area (Å²) >= 11 is 1.22. The Morgan fingerprint density at radius 3 is 2.67 bits per heavy atom. The molecular weight excluding hydrogens is 329 g/mol. The molecule has 0 atom stereocenters.